The van der Waals surface area contributed by atoms with Crippen LogP contribution in [0.4, 0.5) is 14.6 Å². The number of nitrogens with zero attached hydrogens (tertiary/aromatic N) is 6. The molecular weight excluding hydrogens is 470 g/mol. The van der Waals surface area contributed by atoms with Gasteiger partial charge in [-0.1, -0.05) is 37.2 Å². The first-order valence-electron chi connectivity index (χ1n) is 11.3. The van der Waals surface area contributed by atoms with Crippen LogP contribution in [0.25, 0.3) is 22.9 Å². The van der Waals surface area contributed by atoms with Gasteiger partial charge in [-0.3, -0.25) is 9.48 Å². The van der Waals surface area contributed by atoms with Crippen molar-refractivity contribution >= 4 is 11.8 Å². The van der Waals surface area contributed by atoms with E-state index in [-0.39, 0.29) is 42.4 Å². The van der Waals surface area contributed by atoms with Gasteiger partial charge >= 0.3 is 5.97 Å². The fraction of sp³-hybridized carbons (Fsp3) is 0.320. The molecule has 1 unspecified atom stereocenters. The van der Waals surface area contributed by atoms with Gasteiger partial charge in [0.2, 0.25) is 0 Å². The minimum Gasteiger partial charge on any atom is -0.469 e. The van der Waals surface area contributed by atoms with Crippen molar-refractivity contribution in [3.05, 3.63) is 66.1 Å². The Labute approximate surface area is 206 Å². The Balaban J connectivity index is 1.73. The molecule has 3 heterocycles. The lowest BCUT2D eigenvalue weighted by Crippen LogP contribution is -2.39. The van der Waals surface area contributed by atoms with Gasteiger partial charge in [-0.2, -0.15) is 5.10 Å². The summed E-state index contributed by atoms with van der Waals surface area (Å²) in [6, 6.07) is 9.37. The zero-order valence-electron chi connectivity index (χ0n) is 20.4. The van der Waals surface area contributed by atoms with E-state index in [4.69, 9.17) is 9.26 Å². The van der Waals surface area contributed by atoms with E-state index in [2.05, 4.69) is 20.2 Å². The van der Waals surface area contributed by atoms with Crippen LogP contribution >= 0.6 is 0 Å². The first-order valence-corrected chi connectivity index (χ1v) is 11.3. The third kappa shape index (κ3) is 5.24. The van der Waals surface area contributed by atoms with Crippen molar-refractivity contribution < 1.29 is 22.8 Å². The molecule has 0 spiro atoms. The normalized spacial score (nSPS) is 12.1. The van der Waals surface area contributed by atoms with Crippen molar-refractivity contribution in [2.75, 3.05) is 19.1 Å². The number of hydrogen-bond acceptors (Lipinski definition) is 8. The van der Waals surface area contributed by atoms with Gasteiger partial charge in [0, 0.05) is 24.7 Å². The zero-order chi connectivity index (χ0) is 25.8. The Bertz CT molecular complexity index is 1340. The summed E-state index contributed by atoms with van der Waals surface area (Å²) in [4.78, 5) is 22.1. The highest BCUT2D eigenvalue weighted by Gasteiger charge is 2.27. The maximum atomic E-state index is 14.8. The first kappa shape index (κ1) is 25.0. The molecule has 0 amide bonds. The monoisotopic (exact) mass is 496 g/mol. The van der Waals surface area contributed by atoms with Crippen molar-refractivity contribution in [1.82, 2.24) is 24.9 Å². The number of hydrogen-bond donors (Lipinski definition) is 0. The Kier molecular flexibility index (Phi) is 7.37. The van der Waals surface area contributed by atoms with Gasteiger partial charge in [-0.05, 0) is 18.1 Å². The highest BCUT2D eigenvalue weighted by Crippen LogP contribution is 2.28. The Morgan fingerprint density at radius 3 is 2.61 bits per heavy atom. The summed E-state index contributed by atoms with van der Waals surface area (Å²) in [5.41, 5.74) is 1.81. The lowest BCUT2D eigenvalue weighted by atomic mass is 9.99. The lowest BCUT2D eigenvalue weighted by molar-refractivity contribution is -0.141. The van der Waals surface area contributed by atoms with E-state index in [0.717, 1.165) is 6.20 Å². The summed E-state index contributed by atoms with van der Waals surface area (Å²) in [6.07, 6.45) is 2.55. The number of esters is 1. The maximum absolute atomic E-state index is 14.8. The molecule has 0 saturated heterocycles. The van der Waals surface area contributed by atoms with Crippen molar-refractivity contribution in [1.29, 1.82) is 0 Å². The van der Waals surface area contributed by atoms with E-state index in [1.807, 2.05) is 13.8 Å². The number of anilines is 1. The zero-order valence-corrected chi connectivity index (χ0v) is 20.4. The van der Waals surface area contributed by atoms with Gasteiger partial charge in [0.05, 0.1) is 32.0 Å². The summed E-state index contributed by atoms with van der Waals surface area (Å²) in [5, 5.41) is 8.55. The van der Waals surface area contributed by atoms with Crippen LogP contribution in [0.1, 0.15) is 25.8 Å². The minimum absolute atomic E-state index is 0.00524. The van der Waals surface area contributed by atoms with Crippen LogP contribution in [-0.4, -0.2) is 51.1 Å². The molecule has 0 saturated carbocycles. The Hall–Kier alpha value is -4.15. The fourth-order valence-corrected chi connectivity index (χ4v) is 3.95. The number of carbonyl (C=O) groups excluding carboxylic acids is 1. The van der Waals surface area contributed by atoms with E-state index in [0.29, 0.717) is 22.6 Å². The van der Waals surface area contributed by atoms with Gasteiger partial charge in [0.15, 0.2) is 17.5 Å². The molecule has 0 bridgehead atoms. The Morgan fingerprint density at radius 1 is 1.17 bits per heavy atom. The predicted molar refractivity (Wildman–Crippen MR) is 128 cm³/mol. The van der Waals surface area contributed by atoms with E-state index in [1.54, 1.807) is 47.0 Å². The molecule has 4 aromatic rings. The highest BCUT2D eigenvalue weighted by atomic mass is 19.1. The quantitative estimate of drug-likeness (QED) is 0.316. The van der Waals surface area contributed by atoms with Gasteiger partial charge in [-0.15, -0.1) is 0 Å². The standard InChI is InChI=1S/C25H26F2N6O3/c1-15(2)21(12-23(34)35-4)32(3)25-18(27)13-28-24(29-25)20-11-22(19-9-10-36-31-19)33(30-20)14-16-7-5-6-8-17(16)26/h5-11,13,15,21H,12,14H2,1-4H3. The SMILES string of the molecule is COC(=O)CC(C(C)C)N(C)c1nc(-c2cc(-c3ccon3)n(Cc3ccccc3F)n2)ncc1F. The third-order valence-electron chi connectivity index (χ3n) is 5.92. The average molecular weight is 497 g/mol. The minimum atomic E-state index is -0.640. The molecule has 0 aliphatic heterocycles. The largest absolute Gasteiger partial charge is 0.469 e. The number of halogens is 2. The van der Waals surface area contributed by atoms with Crippen LogP contribution in [0.5, 0.6) is 0 Å². The lowest BCUT2D eigenvalue weighted by Gasteiger charge is -2.31. The second-order valence-electron chi connectivity index (χ2n) is 8.62. The van der Waals surface area contributed by atoms with Crippen molar-refractivity contribution in [2.45, 2.75) is 32.9 Å². The number of aromatic nitrogens is 5. The van der Waals surface area contributed by atoms with Crippen LogP contribution in [-0.2, 0) is 16.1 Å². The molecule has 0 radical (unpaired) electrons. The van der Waals surface area contributed by atoms with Crippen LogP contribution in [0.2, 0.25) is 0 Å². The van der Waals surface area contributed by atoms with Gasteiger partial charge in [0.25, 0.3) is 0 Å². The number of rotatable bonds is 9. The average Bonchev–Trinajstić information content (AvgIpc) is 3.53. The molecule has 9 nitrogen and oxygen atoms in total. The molecule has 0 fully saturated rings. The fourth-order valence-electron chi connectivity index (χ4n) is 3.95. The summed E-state index contributed by atoms with van der Waals surface area (Å²) < 4.78 is 40.5. The molecule has 1 atom stereocenters. The number of benzene rings is 1. The third-order valence-corrected chi connectivity index (χ3v) is 5.92. The molecule has 0 aliphatic rings. The maximum Gasteiger partial charge on any atom is 0.307 e. The van der Waals surface area contributed by atoms with Crippen LogP contribution in [0, 0.1) is 17.6 Å². The number of methoxy groups -OCH3 is 1. The molecule has 0 aliphatic carbocycles. The van der Waals surface area contributed by atoms with Crippen LogP contribution in [0.3, 0.4) is 0 Å². The summed E-state index contributed by atoms with van der Waals surface area (Å²) >= 11 is 0. The summed E-state index contributed by atoms with van der Waals surface area (Å²) in [7, 11) is 2.98. The van der Waals surface area contributed by atoms with E-state index >= 15 is 0 Å². The van der Waals surface area contributed by atoms with Crippen molar-refractivity contribution in [3.8, 4) is 22.9 Å². The summed E-state index contributed by atoms with van der Waals surface area (Å²) in [6.45, 7) is 3.98. The van der Waals surface area contributed by atoms with Gasteiger partial charge in [-0.25, -0.2) is 18.7 Å². The molecule has 36 heavy (non-hydrogen) atoms. The van der Waals surface area contributed by atoms with Crippen LogP contribution < -0.4 is 4.90 Å². The van der Waals surface area contributed by atoms with Crippen LogP contribution in [0.15, 0.2) is 53.4 Å². The molecule has 1 aromatic carbocycles. The molecular formula is C25H26F2N6O3. The molecule has 0 N–H and O–H groups in total. The van der Waals surface area contributed by atoms with E-state index in [9.17, 15) is 13.6 Å². The summed E-state index contributed by atoms with van der Waals surface area (Å²) in [5.74, 6) is -1.22. The topological polar surface area (TPSA) is 99.2 Å². The predicted octanol–water partition coefficient (Wildman–Crippen LogP) is 4.35. The molecule has 3 aromatic heterocycles. The van der Waals surface area contributed by atoms with Gasteiger partial charge < -0.3 is 14.2 Å². The second-order valence-corrected chi connectivity index (χ2v) is 8.62. The smallest absolute Gasteiger partial charge is 0.307 e. The molecule has 188 valence electrons. The molecule has 11 heteroatoms. The van der Waals surface area contributed by atoms with Crippen molar-refractivity contribution in [3.63, 3.8) is 0 Å². The first-order chi connectivity index (χ1) is 17.3. The van der Waals surface area contributed by atoms with E-state index < -0.39 is 11.8 Å². The molecule has 4 rings (SSSR count). The number of ether oxygens (including phenoxy) is 1. The second kappa shape index (κ2) is 10.6. The Morgan fingerprint density at radius 2 is 1.94 bits per heavy atom. The van der Waals surface area contributed by atoms with Gasteiger partial charge in [0.1, 0.15) is 23.5 Å². The van der Waals surface area contributed by atoms with Crippen molar-refractivity contribution in [2.24, 2.45) is 5.92 Å². The number of carbonyl (C=O) groups is 1. The highest BCUT2D eigenvalue weighted by molar-refractivity contribution is 5.71. The van der Waals surface area contributed by atoms with E-state index in [1.165, 1.54) is 19.4 Å².